The second-order valence-corrected chi connectivity index (χ2v) is 6.17. The molecule has 0 aromatic heterocycles. The lowest BCUT2D eigenvalue weighted by Gasteiger charge is -2.29. The molecular formula is C17H28ClNO2. The Morgan fingerprint density at radius 3 is 2.14 bits per heavy atom. The van der Waals surface area contributed by atoms with Crippen LogP contribution < -0.4 is 14.8 Å². The number of benzene rings is 1. The summed E-state index contributed by atoms with van der Waals surface area (Å²) in [5, 5.41) is 4.33. The van der Waals surface area contributed by atoms with Gasteiger partial charge in [-0.05, 0) is 36.4 Å². The predicted octanol–water partition coefficient (Wildman–Crippen LogP) is 4.69. The number of halogens is 1. The van der Waals surface area contributed by atoms with Gasteiger partial charge in [-0.25, -0.2) is 0 Å². The van der Waals surface area contributed by atoms with Gasteiger partial charge in [-0.1, -0.05) is 39.3 Å². The monoisotopic (exact) mass is 313 g/mol. The number of ether oxygens (including phenoxy) is 2. The van der Waals surface area contributed by atoms with Gasteiger partial charge in [0.05, 0.1) is 14.2 Å². The maximum atomic E-state index is 6.48. The molecule has 2 atom stereocenters. The molecule has 21 heavy (non-hydrogen) atoms. The molecule has 2 unspecified atom stereocenters. The molecule has 0 fully saturated rings. The molecule has 0 aliphatic carbocycles. The molecule has 0 heterocycles. The standard InChI is InChI=1S/C17H28ClNO2/c1-7-8-19-17(12(4)11(2)3)13-9-15(20-5)16(21-6)10-14(13)18/h9-12,17,19H,7-8H2,1-6H3. The summed E-state index contributed by atoms with van der Waals surface area (Å²) in [6.45, 7) is 9.86. The van der Waals surface area contributed by atoms with E-state index in [1.165, 1.54) is 0 Å². The molecule has 0 aliphatic rings. The Kier molecular flexibility index (Phi) is 7.33. The highest BCUT2D eigenvalue weighted by atomic mass is 35.5. The van der Waals surface area contributed by atoms with Crippen molar-refractivity contribution in [1.82, 2.24) is 5.32 Å². The van der Waals surface area contributed by atoms with E-state index in [1.54, 1.807) is 14.2 Å². The van der Waals surface area contributed by atoms with Gasteiger partial charge in [0.25, 0.3) is 0 Å². The summed E-state index contributed by atoms with van der Waals surface area (Å²) < 4.78 is 10.7. The van der Waals surface area contributed by atoms with Gasteiger partial charge >= 0.3 is 0 Å². The molecule has 120 valence electrons. The van der Waals surface area contributed by atoms with Crippen LogP contribution in [0.1, 0.15) is 45.7 Å². The number of methoxy groups -OCH3 is 2. The maximum absolute atomic E-state index is 6.48. The average Bonchev–Trinajstić information content (AvgIpc) is 2.47. The van der Waals surface area contributed by atoms with E-state index < -0.39 is 0 Å². The van der Waals surface area contributed by atoms with Gasteiger partial charge in [0, 0.05) is 17.1 Å². The van der Waals surface area contributed by atoms with Crippen molar-refractivity contribution < 1.29 is 9.47 Å². The van der Waals surface area contributed by atoms with E-state index in [0.717, 1.165) is 24.3 Å². The third-order valence-corrected chi connectivity index (χ3v) is 4.36. The summed E-state index contributed by atoms with van der Waals surface area (Å²) in [7, 11) is 3.27. The number of hydrogen-bond donors (Lipinski definition) is 1. The van der Waals surface area contributed by atoms with Crippen molar-refractivity contribution in [3.8, 4) is 11.5 Å². The minimum absolute atomic E-state index is 0.206. The molecule has 0 amide bonds. The fourth-order valence-electron chi connectivity index (χ4n) is 2.37. The van der Waals surface area contributed by atoms with E-state index in [2.05, 4.69) is 33.0 Å². The van der Waals surface area contributed by atoms with E-state index in [0.29, 0.717) is 22.6 Å². The predicted molar refractivity (Wildman–Crippen MR) is 89.6 cm³/mol. The van der Waals surface area contributed by atoms with Crippen LogP contribution in [0.25, 0.3) is 0 Å². The van der Waals surface area contributed by atoms with Gasteiger partial charge in [-0.15, -0.1) is 0 Å². The first-order valence-electron chi connectivity index (χ1n) is 7.61. The Morgan fingerprint density at radius 1 is 1.10 bits per heavy atom. The zero-order valence-electron chi connectivity index (χ0n) is 14.0. The van der Waals surface area contributed by atoms with Crippen LogP contribution in [-0.2, 0) is 0 Å². The minimum Gasteiger partial charge on any atom is -0.493 e. The largest absolute Gasteiger partial charge is 0.493 e. The van der Waals surface area contributed by atoms with Crippen molar-refractivity contribution in [1.29, 1.82) is 0 Å². The number of rotatable bonds is 8. The maximum Gasteiger partial charge on any atom is 0.162 e. The summed E-state index contributed by atoms with van der Waals surface area (Å²) in [6.07, 6.45) is 1.09. The molecule has 0 bridgehead atoms. The zero-order chi connectivity index (χ0) is 16.0. The second kappa shape index (κ2) is 8.50. The highest BCUT2D eigenvalue weighted by Gasteiger charge is 2.25. The smallest absolute Gasteiger partial charge is 0.162 e. The summed E-state index contributed by atoms with van der Waals surface area (Å²) in [5.74, 6) is 2.41. The summed E-state index contributed by atoms with van der Waals surface area (Å²) in [5.41, 5.74) is 1.07. The molecule has 0 saturated carbocycles. The molecule has 0 radical (unpaired) electrons. The van der Waals surface area contributed by atoms with E-state index in [4.69, 9.17) is 21.1 Å². The van der Waals surface area contributed by atoms with Crippen molar-refractivity contribution in [2.75, 3.05) is 20.8 Å². The Balaban J connectivity index is 3.22. The Bertz CT molecular complexity index is 449. The van der Waals surface area contributed by atoms with E-state index >= 15 is 0 Å². The van der Waals surface area contributed by atoms with Gasteiger partial charge in [-0.3, -0.25) is 0 Å². The third-order valence-electron chi connectivity index (χ3n) is 4.03. The van der Waals surface area contributed by atoms with Crippen molar-refractivity contribution in [3.05, 3.63) is 22.7 Å². The summed E-state index contributed by atoms with van der Waals surface area (Å²) in [4.78, 5) is 0. The van der Waals surface area contributed by atoms with Crippen molar-refractivity contribution >= 4 is 11.6 Å². The van der Waals surface area contributed by atoms with Crippen molar-refractivity contribution in [3.63, 3.8) is 0 Å². The molecule has 1 aromatic carbocycles. The fraction of sp³-hybridized carbons (Fsp3) is 0.647. The number of hydrogen-bond acceptors (Lipinski definition) is 3. The topological polar surface area (TPSA) is 30.5 Å². The summed E-state index contributed by atoms with van der Waals surface area (Å²) >= 11 is 6.48. The third kappa shape index (κ3) is 4.52. The van der Waals surface area contributed by atoms with Crippen LogP contribution in [0.5, 0.6) is 11.5 Å². The van der Waals surface area contributed by atoms with Crippen LogP contribution in [-0.4, -0.2) is 20.8 Å². The zero-order valence-corrected chi connectivity index (χ0v) is 14.8. The molecule has 1 N–H and O–H groups in total. The molecule has 0 saturated heterocycles. The fourth-order valence-corrected chi connectivity index (χ4v) is 2.64. The molecule has 4 heteroatoms. The Labute approximate surface area is 134 Å². The van der Waals surface area contributed by atoms with Gasteiger partial charge in [-0.2, -0.15) is 0 Å². The lowest BCUT2D eigenvalue weighted by molar-refractivity contribution is 0.301. The number of nitrogens with one attached hydrogen (secondary N) is 1. The first kappa shape index (κ1) is 18.1. The Hall–Kier alpha value is -0.930. The highest BCUT2D eigenvalue weighted by molar-refractivity contribution is 6.31. The SMILES string of the molecule is CCCNC(c1cc(OC)c(OC)cc1Cl)C(C)C(C)C. The minimum atomic E-state index is 0.206. The molecule has 0 spiro atoms. The van der Waals surface area contributed by atoms with Crippen LogP contribution in [0, 0.1) is 11.8 Å². The first-order valence-corrected chi connectivity index (χ1v) is 7.98. The van der Waals surface area contributed by atoms with Gasteiger partial charge in [0.2, 0.25) is 0 Å². The molecule has 3 nitrogen and oxygen atoms in total. The van der Waals surface area contributed by atoms with Crippen LogP contribution in [0.15, 0.2) is 12.1 Å². The van der Waals surface area contributed by atoms with E-state index in [-0.39, 0.29) is 6.04 Å². The normalized spacial score (nSPS) is 14.1. The van der Waals surface area contributed by atoms with Crippen LogP contribution in [0.2, 0.25) is 5.02 Å². The van der Waals surface area contributed by atoms with E-state index in [1.807, 2.05) is 12.1 Å². The quantitative estimate of drug-likeness (QED) is 0.755. The average molecular weight is 314 g/mol. The van der Waals surface area contributed by atoms with Crippen LogP contribution >= 0.6 is 11.6 Å². The lowest BCUT2D eigenvalue weighted by atomic mass is 9.85. The molecule has 1 rings (SSSR count). The van der Waals surface area contributed by atoms with Crippen LogP contribution in [0.3, 0.4) is 0 Å². The highest BCUT2D eigenvalue weighted by Crippen LogP contribution is 2.39. The van der Waals surface area contributed by atoms with Crippen molar-refractivity contribution in [2.24, 2.45) is 11.8 Å². The Morgan fingerprint density at radius 2 is 1.67 bits per heavy atom. The van der Waals surface area contributed by atoms with Crippen molar-refractivity contribution in [2.45, 2.75) is 40.2 Å². The second-order valence-electron chi connectivity index (χ2n) is 5.76. The summed E-state index contributed by atoms with van der Waals surface area (Å²) in [6, 6.07) is 4.04. The van der Waals surface area contributed by atoms with E-state index in [9.17, 15) is 0 Å². The van der Waals surface area contributed by atoms with Crippen LogP contribution in [0.4, 0.5) is 0 Å². The van der Waals surface area contributed by atoms with Gasteiger partial charge < -0.3 is 14.8 Å². The van der Waals surface area contributed by atoms with Gasteiger partial charge in [0.15, 0.2) is 11.5 Å². The lowest BCUT2D eigenvalue weighted by Crippen LogP contribution is -2.30. The molecule has 0 aliphatic heterocycles. The molecular weight excluding hydrogens is 286 g/mol. The first-order chi connectivity index (χ1) is 9.96. The molecule has 1 aromatic rings. The van der Waals surface area contributed by atoms with Gasteiger partial charge in [0.1, 0.15) is 0 Å².